The highest BCUT2D eigenvalue weighted by Gasteiger charge is 2.07. The molecule has 0 spiro atoms. The summed E-state index contributed by atoms with van der Waals surface area (Å²) in [7, 11) is 0. The van der Waals surface area contributed by atoms with Crippen LogP contribution < -0.4 is 9.47 Å². The van der Waals surface area contributed by atoms with Crippen molar-refractivity contribution in [3.8, 4) is 17.2 Å². The molecule has 1 aromatic heterocycles. The second-order valence-corrected chi connectivity index (χ2v) is 4.46. The van der Waals surface area contributed by atoms with Gasteiger partial charge < -0.3 is 9.47 Å². The number of rotatable bonds is 5. The minimum absolute atomic E-state index is 0.277. The summed E-state index contributed by atoms with van der Waals surface area (Å²) < 4.78 is 24.6. The van der Waals surface area contributed by atoms with Gasteiger partial charge in [-0.1, -0.05) is 0 Å². The smallest absolute Gasteiger partial charge is 0.349 e. The number of nitrogens with zero attached hydrogens (tertiary/aromatic N) is 4. The van der Waals surface area contributed by atoms with Crippen molar-refractivity contribution < 1.29 is 18.7 Å². The molecule has 0 bridgehead atoms. The van der Waals surface area contributed by atoms with Crippen molar-refractivity contribution in [3.05, 3.63) is 60.7 Å². The Morgan fingerprint density at radius 2 is 1.74 bits per heavy atom. The molecule has 0 saturated heterocycles. The molecule has 0 aliphatic rings. The molecule has 2 aromatic carbocycles. The molecule has 0 fully saturated rings. The van der Waals surface area contributed by atoms with Crippen molar-refractivity contribution in [3.63, 3.8) is 0 Å². The summed E-state index contributed by atoms with van der Waals surface area (Å²) in [6, 6.07) is 12.0. The zero-order chi connectivity index (χ0) is 16.1. The van der Waals surface area contributed by atoms with Crippen molar-refractivity contribution >= 4 is 5.97 Å². The molecule has 3 aromatic rings. The van der Waals surface area contributed by atoms with Gasteiger partial charge in [-0.15, -0.1) is 5.10 Å². The zero-order valence-electron chi connectivity index (χ0n) is 11.8. The second kappa shape index (κ2) is 6.65. The lowest BCUT2D eigenvalue weighted by atomic mass is 10.3. The summed E-state index contributed by atoms with van der Waals surface area (Å²) in [6.07, 6.45) is 1.46. The highest BCUT2D eigenvalue weighted by Crippen LogP contribution is 2.15. The van der Waals surface area contributed by atoms with Crippen LogP contribution in [-0.4, -0.2) is 32.8 Å². The molecule has 0 radical (unpaired) electrons. The number of halogens is 1. The molecule has 3 rings (SSSR count). The molecule has 116 valence electrons. The minimum atomic E-state index is -0.565. The molecular weight excluding hydrogens is 303 g/mol. The minimum Gasteiger partial charge on any atom is -0.482 e. The fourth-order valence-corrected chi connectivity index (χ4v) is 1.78. The van der Waals surface area contributed by atoms with Crippen LogP contribution in [0.15, 0.2) is 54.9 Å². The standard InChI is InChI=1S/C15H11FN4O3/c16-11-1-5-13(6-2-11)22-9-15(21)23-14-7-3-12(4-8-14)20-10-17-18-19-20/h1-8,10H,9H2. The lowest BCUT2D eigenvalue weighted by molar-refractivity contribution is -0.136. The van der Waals surface area contributed by atoms with E-state index in [0.29, 0.717) is 11.5 Å². The number of ether oxygens (including phenoxy) is 2. The maximum atomic E-state index is 12.7. The van der Waals surface area contributed by atoms with E-state index in [1.54, 1.807) is 24.3 Å². The van der Waals surface area contributed by atoms with Crippen LogP contribution in [-0.2, 0) is 4.79 Å². The number of hydrogen-bond donors (Lipinski definition) is 0. The van der Waals surface area contributed by atoms with Crippen LogP contribution >= 0.6 is 0 Å². The van der Waals surface area contributed by atoms with Crippen LogP contribution in [0.3, 0.4) is 0 Å². The maximum Gasteiger partial charge on any atom is 0.349 e. The van der Waals surface area contributed by atoms with Crippen LogP contribution in [0.25, 0.3) is 5.69 Å². The summed E-state index contributed by atoms with van der Waals surface area (Å²) in [5, 5.41) is 10.8. The van der Waals surface area contributed by atoms with Gasteiger partial charge in [0.15, 0.2) is 6.61 Å². The van der Waals surface area contributed by atoms with Crippen LogP contribution in [0.4, 0.5) is 4.39 Å². The van der Waals surface area contributed by atoms with E-state index in [-0.39, 0.29) is 12.4 Å². The number of carbonyl (C=O) groups is 1. The molecule has 0 aliphatic heterocycles. The van der Waals surface area contributed by atoms with Crippen molar-refractivity contribution in [1.29, 1.82) is 0 Å². The Balaban J connectivity index is 1.54. The van der Waals surface area contributed by atoms with E-state index in [1.807, 2.05) is 0 Å². The van der Waals surface area contributed by atoms with Gasteiger partial charge in [-0.05, 0) is 59.0 Å². The number of carbonyl (C=O) groups excluding carboxylic acids is 1. The highest BCUT2D eigenvalue weighted by atomic mass is 19.1. The third kappa shape index (κ3) is 3.88. The Morgan fingerprint density at radius 1 is 1.04 bits per heavy atom. The first-order valence-corrected chi connectivity index (χ1v) is 6.63. The molecule has 0 atom stereocenters. The fraction of sp³-hybridized carbons (Fsp3) is 0.0667. The summed E-state index contributed by atoms with van der Waals surface area (Å²) in [5.41, 5.74) is 0.734. The lowest BCUT2D eigenvalue weighted by Gasteiger charge is -2.07. The average Bonchev–Trinajstić information content (AvgIpc) is 3.09. The van der Waals surface area contributed by atoms with Crippen LogP contribution in [0, 0.1) is 5.82 Å². The quantitative estimate of drug-likeness (QED) is 0.527. The normalized spacial score (nSPS) is 10.3. The third-order valence-electron chi connectivity index (χ3n) is 2.85. The number of esters is 1. The van der Waals surface area contributed by atoms with E-state index in [1.165, 1.54) is 35.3 Å². The molecule has 23 heavy (non-hydrogen) atoms. The van der Waals surface area contributed by atoms with Gasteiger partial charge in [0.1, 0.15) is 23.6 Å². The number of benzene rings is 2. The summed E-state index contributed by atoms with van der Waals surface area (Å²) in [4.78, 5) is 11.7. The largest absolute Gasteiger partial charge is 0.482 e. The van der Waals surface area contributed by atoms with E-state index in [2.05, 4.69) is 15.5 Å². The van der Waals surface area contributed by atoms with Crippen LogP contribution in [0.2, 0.25) is 0 Å². The van der Waals surface area contributed by atoms with E-state index >= 15 is 0 Å². The lowest BCUT2D eigenvalue weighted by Crippen LogP contribution is -2.17. The molecule has 8 heteroatoms. The van der Waals surface area contributed by atoms with Gasteiger partial charge in [0.05, 0.1) is 5.69 Å². The summed E-state index contributed by atoms with van der Waals surface area (Å²) in [5.74, 6) is -0.181. The van der Waals surface area contributed by atoms with Crippen molar-refractivity contribution in [1.82, 2.24) is 20.2 Å². The molecule has 0 N–H and O–H groups in total. The molecule has 0 aliphatic carbocycles. The van der Waals surface area contributed by atoms with E-state index in [4.69, 9.17) is 9.47 Å². The number of aromatic nitrogens is 4. The van der Waals surface area contributed by atoms with Gasteiger partial charge in [-0.2, -0.15) is 0 Å². The Kier molecular flexibility index (Phi) is 4.23. The SMILES string of the molecule is O=C(COc1ccc(F)cc1)Oc1ccc(-n2cnnn2)cc1. The molecule has 0 amide bonds. The maximum absolute atomic E-state index is 12.7. The molecule has 0 saturated carbocycles. The fourth-order valence-electron chi connectivity index (χ4n) is 1.78. The molecule has 7 nitrogen and oxygen atoms in total. The van der Waals surface area contributed by atoms with E-state index in [0.717, 1.165) is 5.69 Å². The van der Waals surface area contributed by atoms with Crippen LogP contribution in [0.5, 0.6) is 11.5 Å². The number of hydrogen-bond acceptors (Lipinski definition) is 6. The van der Waals surface area contributed by atoms with Gasteiger partial charge in [-0.25, -0.2) is 13.9 Å². The van der Waals surface area contributed by atoms with Crippen molar-refractivity contribution in [2.24, 2.45) is 0 Å². The van der Waals surface area contributed by atoms with Crippen molar-refractivity contribution in [2.45, 2.75) is 0 Å². The average molecular weight is 314 g/mol. The van der Waals surface area contributed by atoms with Gasteiger partial charge in [0.2, 0.25) is 0 Å². The molecule has 0 unspecified atom stereocenters. The van der Waals surface area contributed by atoms with Gasteiger partial charge in [0.25, 0.3) is 0 Å². The van der Waals surface area contributed by atoms with Gasteiger partial charge in [-0.3, -0.25) is 0 Å². The van der Waals surface area contributed by atoms with Crippen molar-refractivity contribution in [2.75, 3.05) is 6.61 Å². The Labute approximate surface area is 130 Å². The summed E-state index contributed by atoms with van der Waals surface area (Å²) >= 11 is 0. The second-order valence-electron chi connectivity index (χ2n) is 4.46. The van der Waals surface area contributed by atoms with Gasteiger partial charge >= 0.3 is 5.97 Å². The topological polar surface area (TPSA) is 79.1 Å². The Bertz CT molecular complexity index is 773. The predicted molar refractivity (Wildman–Crippen MR) is 76.7 cm³/mol. The number of tetrazole rings is 1. The third-order valence-corrected chi connectivity index (χ3v) is 2.85. The first-order chi connectivity index (χ1) is 11.2. The van der Waals surface area contributed by atoms with Crippen LogP contribution in [0.1, 0.15) is 0 Å². The Hall–Kier alpha value is -3.29. The predicted octanol–water partition coefficient (Wildman–Crippen LogP) is 1.79. The first-order valence-electron chi connectivity index (χ1n) is 6.63. The van der Waals surface area contributed by atoms with Gasteiger partial charge in [0, 0.05) is 0 Å². The van der Waals surface area contributed by atoms with E-state index < -0.39 is 5.97 Å². The summed E-state index contributed by atoms with van der Waals surface area (Å²) in [6.45, 7) is -0.277. The highest BCUT2D eigenvalue weighted by molar-refractivity contribution is 5.74. The zero-order valence-corrected chi connectivity index (χ0v) is 11.8. The van der Waals surface area contributed by atoms with E-state index in [9.17, 15) is 9.18 Å². The molecular formula is C15H11FN4O3. The monoisotopic (exact) mass is 314 g/mol. The first kappa shape index (κ1) is 14.6. The Morgan fingerprint density at radius 3 is 2.39 bits per heavy atom. The molecule has 1 heterocycles.